The zero-order chi connectivity index (χ0) is 27.6. The average molecular weight is 540 g/mol. The van der Waals surface area contributed by atoms with Gasteiger partial charge in [-0.2, -0.15) is 0 Å². The largest absolute Gasteiger partial charge is 0.494 e. The van der Waals surface area contributed by atoms with E-state index in [2.05, 4.69) is 30.5 Å². The molecule has 5 aromatic rings. The first kappa shape index (κ1) is 25.3. The Hall–Kier alpha value is -5.00. The summed E-state index contributed by atoms with van der Waals surface area (Å²) in [5, 5.41) is 11.6. The molecule has 40 heavy (non-hydrogen) atoms. The van der Waals surface area contributed by atoms with Gasteiger partial charge in [-0.05, 0) is 49.2 Å². The van der Waals surface area contributed by atoms with Crippen molar-refractivity contribution in [3.05, 3.63) is 54.4 Å². The predicted molar refractivity (Wildman–Crippen MR) is 151 cm³/mol. The fourth-order valence-corrected chi connectivity index (χ4v) is 4.85. The van der Waals surface area contributed by atoms with Gasteiger partial charge < -0.3 is 24.6 Å². The molecule has 0 aliphatic carbocycles. The van der Waals surface area contributed by atoms with Gasteiger partial charge >= 0.3 is 0 Å². The van der Waals surface area contributed by atoms with Crippen LogP contribution in [0.15, 0.2) is 48.8 Å². The van der Waals surface area contributed by atoms with E-state index in [1.165, 1.54) is 6.33 Å². The number of nitrogens with zero attached hydrogens (tertiary/aromatic N) is 8. The summed E-state index contributed by atoms with van der Waals surface area (Å²) in [6.45, 7) is 4.91. The first-order valence-corrected chi connectivity index (χ1v) is 13.0. The van der Waals surface area contributed by atoms with E-state index in [-0.39, 0.29) is 0 Å². The maximum Gasteiger partial charge on any atom is 0.209 e. The van der Waals surface area contributed by atoms with E-state index in [1.807, 2.05) is 56.4 Å². The van der Waals surface area contributed by atoms with Gasteiger partial charge in [0.2, 0.25) is 6.41 Å². The van der Waals surface area contributed by atoms with E-state index in [0.29, 0.717) is 41.7 Å². The van der Waals surface area contributed by atoms with Crippen molar-refractivity contribution in [1.82, 2.24) is 34.8 Å². The third-order valence-corrected chi connectivity index (χ3v) is 7.03. The molecular formula is C28H29N9O3. The molecule has 1 aliphatic rings. The van der Waals surface area contributed by atoms with Gasteiger partial charge in [0.15, 0.2) is 5.82 Å². The monoisotopic (exact) mass is 539 g/mol. The van der Waals surface area contributed by atoms with Crippen molar-refractivity contribution in [3.8, 4) is 17.2 Å². The Kier molecular flexibility index (Phi) is 6.72. The number of pyridine rings is 1. The van der Waals surface area contributed by atoms with Crippen LogP contribution >= 0.6 is 0 Å². The number of carbonyl (C=O) groups excluding carboxylic acids is 1. The number of aromatic nitrogens is 6. The van der Waals surface area contributed by atoms with Gasteiger partial charge in [-0.1, -0.05) is 5.21 Å². The number of amides is 1. The van der Waals surface area contributed by atoms with Crippen LogP contribution in [0.4, 0.5) is 17.3 Å². The molecule has 0 atom stereocenters. The molecule has 2 aromatic carbocycles. The number of fused-ring (bicyclic) bond motifs is 2. The Morgan fingerprint density at radius 3 is 2.73 bits per heavy atom. The number of methoxy groups -OCH3 is 1. The van der Waals surface area contributed by atoms with Crippen LogP contribution in [0.1, 0.15) is 12.0 Å². The van der Waals surface area contributed by atoms with Crippen LogP contribution in [0.25, 0.3) is 22.1 Å². The summed E-state index contributed by atoms with van der Waals surface area (Å²) in [5.41, 5.74) is 4.68. The normalized spacial score (nSPS) is 13.9. The van der Waals surface area contributed by atoms with E-state index in [0.717, 1.165) is 59.5 Å². The summed E-state index contributed by atoms with van der Waals surface area (Å²) >= 11 is 0. The van der Waals surface area contributed by atoms with Gasteiger partial charge in [-0.15, -0.1) is 5.10 Å². The average Bonchev–Trinajstić information content (AvgIpc) is 3.17. The number of hydrogen-bond donors (Lipinski definition) is 1. The van der Waals surface area contributed by atoms with Crippen LogP contribution in [0, 0.1) is 6.92 Å². The summed E-state index contributed by atoms with van der Waals surface area (Å²) < 4.78 is 13.6. The minimum atomic E-state index is 0.565. The Labute approximate surface area is 230 Å². The molecule has 1 aliphatic heterocycles. The Bertz CT molecular complexity index is 1700. The molecule has 1 saturated heterocycles. The lowest BCUT2D eigenvalue weighted by atomic mass is 10.1. The van der Waals surface area contributed by atoms with Gasteiger partial charge in [-0.3, -0.25) is 4.79 Å². The number of rotatable bonds is 7. The highest BCUT2D eigenvalue weighted by atomic mass is 16.5. The van der Waals surface area contributed by atoms with Crippen molar-refractivity contribution in [2.24, 2.45) is 7.05 Å². The zero-order valence-electron chi connectivity index (χ0n) is 22.5. The van der Waals surface area contributed by atoms with Crippen LogP contribution in [0.2, 0.25) is 0 Å². The SMILES string of the molecule is COc1cc(Oc2ccc3c(c2)nnn3C)c(C)cc1Nc1ncnc2ccc(N3CCCN(C=O)CC3)nc12. The summed E-state index contributed by atoms with van der Waals surface area (Å²) in [5.74, 6) is 3.29. The minimum absolute atomic E-state index is 0.565. The Morgan fingerprint density at radius 2 is 1.88 bits per heavy atom. The maximum atomic E-state index is 11.2. The van der Waals surface area contributed by atoms with Gasteiger partial charge in [0.25, 0.3) is 0 Å². The summed E-state index contributed by atoms with van der Waals surface area (Å²) in [6, 6.07) is 13.4. The highest BCUT2D eigenvalue weighted by Gasteiger charge is 2.18. The topological polar surface area (TPSA) is 123 Å². The van der Waals surface area contributed by atoms with Crippen LogP contribution in [0.5, 0.6) is 17.2 Å². The number of hydrogen-bond acceptors (Lipinski definition) is 10. The van der Waals surface area contributed by atoms with Crippen LogP contribution in [-0.4, -0.2) is 74.5 Å². The molecule has 12 nitrogen and oxygen atoms in total. The molecule has 204 valence electrons. The second-order valence-corrected chi connectivity index (χ2v) is 9.65. The third-order valence-electron chi connectivity index (χ3n) is 7.03. The molecular weight excluding hydrogens is 510 g/mol. The minimum Gasteiger partial charge on any atom is -0.494 e. The Balaban J connectivity index is 1.28. The molecule has 1 N–H and O–H groups in total. The number of aryl methyl sites for hydroxylation is 2. The molecule has 0 radical (unpaired) electrons. The van der Waals surface area contributed by atoms with Crippen LogP contribution in [-0.2, 0) is 11.8 Å². The molecule has 12 heteroatoms. The van der Waals surface area contributed by atoms with E-state index in [1.54, 1.807) is 16.7 Å². The van der Waals surface area contributed by atoms with Crippen LogP contribution < -0.4 is 19.7 Å². The molecule has 6 rings (SSSR count). The summed E-state index contributed by atoms with van der Waals surface area (Å²) in [4.78, 5) is 29.0. The summed E-state index contributed by atoms with van der Waals surface area (Å²) in [7, 11) is 3.46. The lowest BCUT2D eigenvalue weighted by Crippen LogP contribution is -2.30. The van der Waals surface area contributed by atoms with E-state index in [4.69, 9.17) is 14.5 Å². The second-order valence-electron chi connectivity index (χ2n) is 9.65. The predicted octanol–water partition coefficient (Wildman–Crippen LogP) is 3.83. The zero-order valence-corrected chi connectivity index (χ0v) is 22.5. The maximum absolute atomic E-state index is 11.2. The van der Waals surface area contributed by atoms with E-state index < -0.39 is 0 Å². The number of benzene rings is 2. The fourth-order valence-electron chi connectivity index (χ4n) is 4.85. The van der Waals surface area contributed by atoms with Crippen molar-refractivity contribution in [3.63, 3.8) is 0 Å². The lowest BCUT2D eigenvalue weighted by molar-refractivity contribution is -0.117. The molecule has 1 amide bonds. The highest BCUT2D eigenvalue weighted by Crippen LogP contribution is 2.37. The first-order chi connectivity index (χ1) is 19.5. The van der Waals surface area contributed by atoms with Crippen molar-refractivity contribution in [2.45, 2.75) is 13.3 Å². The molecule has 4 heterocycles. The van der Waals surface area contributed by atoms with Crippen molar-refractivity contribution >= 4 is 45.8 Å². The molecule has 0 bridgehead atoms. The van der Waals surface area contributed by atoms with Crippen LogP contribution in [0.3, 0.4) is 0 Å². The van der Waals surface area contributed by atoms with Gasteiger partial charge in [0.05, 0.1) is 23.8 Å². The molecule has 3 aromatic heterocycles. The first-order valence-electron chi connectivity index (χ1n) is 13.0. The second kappa shape index (κ2) is 10.6. The molecule has 0 saturated carbocycles. The number of nitrogens with one attached hydrogen (secondary N) is 1. The van der Waals surface area contributed by atoms with Crippen molar-refractivity contribution < 1.29 is 14.3 Å². The summed E-state index contributed by atoms with van der Waals surface area (Å²) in [6.07, 6.45) is 3.31. The number of carbonyl (C=O) groups is 1. The lowest BCUT2D eigenvalue weighted by Gasteiger charge is -2.22. The smallest absolute Gasteiger partial charge is 0.209 e. The molecule has 1 fully saturated rings. The molecule has 0 unspecified atom stereocenters. The van der Waals surface area contributed by atoms with Crippen molar-refractivity contribution in [2.75, 3.05) is 43.5 Å². The van der Waals surface area contributed by atoms with Gasteiger partial charge in [0, 0.05) is 45.4 Å². The number of ether oxygens (including phenoxy) is 2. The van der Waals surface area contributed by atoms with Gasteiger partial charge in [-0.25, -0.2) is 19.6 Å². The van der Waals surface area contributed by atoms with E-state index in [9.17, 15) is 4.79 Å². The standard InChI is InChI=1S/C28H29N9O3/c1-18-13-22(25(39-3)15-24(18)40-19-5-7-23-21(14-19)33-34-35(23)2)31-28-27-20(29-16-30-28)6-8-26(32-27)37-10-4-9-36(17-38)11-12-37/h5-8,13-17H,4,9-12H2,1-3H3,(H,29,30,31). The van der Waals surface area contributed by atoms with E-state index >= 15 is 0 Å². The third kappa shape index (κ3) is 4.91. The number of anilines is 3. The quantitative estimate of drug-likeness (QED) is 0.305. The molecule has 0 spiro atoms. The highest BCUT2D eigenvalue weighted by molar-refractivity contribution is 5.89. The van der Waals surface area contributed by atoms with Gasteiger partial charge in [0.1, 0.15) is 40.4 Å². The Morgan fingerprint density at radius 1 is 0.975 bits per heavy atom. The fraction of sp³-hybridized carbons (Fsp3) is 0.286. The van der Waals surface area contributed by atoms with Crippen molar-refractivity contribution in [1.29, 1.82) is 0 Å².